The normalized spacial score (nSPS) is 17.6. The fourth-order valence-corrected chi connectivity index (χ4v) is 5.90. The summed E-state index contributed by atoms with van der Waals surface area (Å²) >= 11 is 0. The predicted molar refractivity (Wildman–Crippen MR) is 167 cm³/mol. The molecule has 1 saturated heterocycles. The molecular weight excluding hydrogens is 528 g/mol. The number of likely N-dealkylation sites (tertiary alicyclic amines) is 1. The van der Waals surface area contributed by atoms with E-state index >= 15 is 0 Å². The molecule has 0 amide bonds. The molecule has 218 valence electrons. The first-order valence-corrected chi connectivity index (χ1v) is 14.3. The van der Waals surface area contributed by atoms with Crippen LogP contribution in [0.4, 0.5) is 11.6 Å². The summed E-state index contributed by atoms with van der Waals surface area (Å²) in [4.78, 5) is 29.6. The van der Waals surface area contributed by atoms with E-state index in [1.807, 2.05) is 6.07 Å². The van der Waals surface area contributed by atoms with Crippen molar-refractivity contribution in [2.24, 2.45) is 0 Å². The predicted octanol–water partition coefficient (Wildman–Crippen LogP) is 5.13. The minimum absolute atomic E-state index is 0.160. The summed E-state index contributed by atoms with van der Waals surface area (Å²) < 4.78 is 5.59. The lowest BCUT2D eigenvalue weighted by molar-refractivity contribution is 0.0737. The van der Waals surface area contributed by atoms with E-state index in [-0.39, 0.29) is 17.6 Å². The van der Waals surface area contributed by atoms with Gasteiger partial charge in [-0.1, -0.05) is 12.1 Å². The minimum Gasteiger partial charge on any atom is -0.384 e. The zero-order valence-electron chi connectivity index (χ0n) is 24.9. The van der Waals surface area contributed by atoms with Crippen LogP contribution < -0.4 is 10.9 Å². The van der Waals surface area contributed by atoms with Crippen LogP contribution in [0.15, 0.2) is 72.3 Å². The molecule has 1 fully saturated rings. The highest BCUT2D eigenvalue weighted by Gasteiger charge is 2.33. The highest BCUT2D eigenvalue weighted by molar-refractivity contribution is 5.85. The molecule has 6 rings (SSSR count). The van der Waals surface area contributed by atoms with Crippen LogP contribution in [-0.2, 0) is 12.1 Å². The Bertz CT molecular complexity index is 1860. The van der Waals surface area contributed by atoms with Gasteiger partial charge in [0.25, 0.3) is 5.56 Å². The lowest BCUT2D eigenvalue weighted by atomic mass is 9.87. The Morgan fingerprint density at radius 1 is 1.19 bits per heavy atom. The lowest BCUT2D eigenvalue weighted by Gasteiger charge is -2.44. The van der Waals surface area contributed by atoms with Gasteiger partial charge in [-0.2, -0.15) is 4.98 Å². The van der Waals surface area contributed by atoms with Gasteiger partial charge in [0.15, 0.2) is 11.5 Å². The third kappa shape index (κ3) is 4.90. The van der Waals surface area contributed by atoms with Gasteiger partial charge in [0.2, 0.25) is 5.95 Å². The van der Waals surface area contributed by atoms with Gasteiger partial charge in [0, 0.05) is 47.1 Å². The van der Waals surface area contributed by atoms with Crippen molar-refractivity contribution in [1.29, 1.82) is 0 Å². The summed E-state index contributed by atoms with van der Waals surface area (Å²) in [7, 11) is 2.21. The molecule has 1 unspecified atom stereocenters. The summed E-state index contributed by atoms with van der Waals surface area (Å²) in [5, 5.41) is 15.4. The number of nitrogens with one attached hydrogen (secondary N) is 1. The number of rotatable bonds is 7. The number of pyridine rings is 1. The van der Waals surface area contributed by atoms with Crippen LogP contribution in [-0.4, -0.2) is 58.0 Å². The molecule has 10 heteroatoms. The Morgan fingerprint density at radius 2 is 2.00 bits per heavy atom. The van der Waals surface area contributed by atoms with Crippen molar-refractivity contribution < 1.29 is 5.11 Å². The number of piperidine rings is 1. The van der Waals surface area contributed by atoms with Crippen LogP contribution in [0, 0.1) is 0 Å². The first kappa shape index (κ1) is 27.9. The summed E-state index contributed by atoms with van der Waals surface area (Å²) in [6.45, 7) is 13.1. The number of aliphatic hydroxyl groups is 1. The van der Waals surface area contributed by atoms with Gasteiger partial charge >= 0.3 is 0 Å². The largest absolute Gasteiger partial charge is 0.384 e. The van der Waals surface area contributed by atoms with E-state index in [0.29, 0.717) is 34.5 Å². The van der Waals surface area contributed by atoms with Gasteiger partial charge < -0.3 is 19.9 Å². The molecule has 4 aromatic heterocycles. The monoisotopic (exact) mass is 566 g/mol. The molecule has 0 bridgehead atoms. The van der Waals surface area contributed by atoms with Crippen molar-refractivity contribution >= 4 is 33.6 Å². The zero-order chi connectivity index (χ0) is 29.8. The third-order valence-electron chi connectivity index (χ3n) is 8.49. The Kier molecular flexibility index (Phi) is 6.78. The SMILES string of the molecule is C=CCn1c(=O)c2cnc(Nc3ccc4c(ccn4C4CCN(C)C(C)(C)C4)c3)nc2n1-c1cccc(C(C)(C)O)n1. The lowest BCUT2D eigenvalue weighted by Crippen LogP contribution is -2.47. The molecule has 0 aliphatic carbocycles. The number of allylic oxidation sites excluding steroid dienone is 1. The van der Waals surface area contributed by atoms with E-state index in [4.69, 9.17) is 4.98 Å². The van der Waals surface area contributed by atoms with Gasteiger partial charge in [-0.25, -0.2) is 19.3 Å². The first-order chi connectivity index (χ1) is 20.0. The summed E-state index contributed by atoms with van der Waals surface area (Å²) in [5.41, 5.74) is 1.72. The van der Waals surface area contributed by atoms with Crippen molar-refractivity contribution in [1.82, 2.24) is 33.8 Å². The number of aromatic nitrogens is 6. The number of hydrogen-bond donors (Lipinski definition) is 2. The zero-order valence-corrected chi connectivity index (χ0v) is 24.9. The fraction of sp³-hybridized carbons (Fsp3) is 0.375. The van der Waals surface area contributed by atoms with Crippen LogP contribution in [0.3, 0.4) is 0 Å². The molecule has 1 aromatic carbocycles. The van der Waals surface area contributed by atoms with E-state index in [0.717, 1.165) is 30.5 Å². The van der Waals surface area contributed by atoms with Gasteiger partial charge in [0.05, 0.1) is 12.2 Å². The van der Waals surface area contributed by atoms with E-state index in [1.165, 1.54) is 10.2 Å². The van der Waals surface area contributed by atoms with E-state index < -0.39 is 5.60 Å². The average molecular weight is 567 g/mol. The number of nitrogens with zero attached hydrogens (tertiary/aromatic N) is 7. The van der Waals surface area contributed by atoms with Crippen molar-refractivity contribution in [2.45, 2.75) is 64.3 Å². The number of benzene rings is 1. The second kappa shape index (κ2) is 10.2. The molecule has 2 N–H and O–H groups in total. The Hall–Kier alpha value is -4.28. The molecule has 1 atom stereocenters. The van der Waals surface area contributed by atoms with Gasteiger partial charge in [-0.3, -0.25) is 4.79 Å². The number of anilines is 2. The minimum atomic E-state index is -1.15. The molecule has 0 spiro atoms. The third-order valence-corrected chi connectivity index (χ3v) is 8.49. The number of hydrogen-bond acceptors (Lipinski definition) is 7. The maximum Gasteiger partial charge on any atom is 0.278 e. The van der Waals surface area contributed by atoms with E-state index in [1.54, 1.807) is 49.0 Å². The molecule has 42 heavy (non-hydrogen) atoms. The van der Waals surface area contributed by atoms with Crippen LogP contribution in [0.1, 0.15) is 52.3 Å². The summed E-state index contributed by atoms with van der Waals surface area (Å²) in [6, 6.07) is 14.2. The first-order valence-electron chi connectivity index (χ1n) is 14.3. The maximum atomic E-state index is 13.3. The Morgan fingerprint density at radius 3 is 2.74 bits per heavy atom. The Labute approximate surface area is 244 Å². The topological polar surface area (TPSA) is 106 Å². The van der Waals surface area contributed by atoms with Crippen molar-refractivity contribution in [3.63, 3.8) is 0 Å². The van der Waals surface area contributed by atoms with Crippen LogP contribution in [0.2, 0.25) is 0 Å². The standard InChI is InChI=1S/C32H38N8O2/c1-7-15-39-29(41)24-20-33-30(36-28(24)40(39)27-10-8-9-26(35-27)32(4,5)42)34-22-11-12-25-21(18-22)13-17-38(25)23-14-16-37(6)31(2,3)19-23/h7-13,17-18,20,23,42H,1,14-16,19H2,2-6H3,(H,33,34,36). The second-order valence-corrected chi connectivity index (χ2v) is 12.4. The highest BCUT2D eigenvalue weighted by atomic mass is 16.3. The van der Waals surface area contributed by atoms with Gasteiger partial charge in [0.1, 0.15) is 11.0 Å². The van der Waals surface area contributed by atoms with Crippen LogP contribution >= 0.6 is 0 Å². The highest BCUT2D eigenvalue weighted by Crippen LogP contribution is 2.36. The van der Waals surface area contributed by atoms with Crippen molar-refractivity contribution in [3.05, 3.63) is 83.6 Å². The van der Waals surface area contributed by atoms with Crippen LogP contribution in [0.5, 0.6) is 0 Å². The van der Waals surface area contributed by atoms with Gasteiger partial charge in [-0.05, 0) is 84.0 Å². The van der Waals surface area contributed by atoms with E-state index in [2.05, 4.69) is 76.6 Å². The molecule has 10 nitrogen and oxygen atoms in total. The molecular formula is C32H38N8O2. The van der Waals surface area contributed by atoms with E-state index in [9.17, 15) is 9.90 Å². The molecule has 1 aliphatic heterocycles. The molecule has 0 radical (unpaired) electrons. The second-order valence-electron chi connectivity index (χ2n) is 12.4. The molecule has 1 aliphatic rings. The maximum absolute atomic E-state index is 13.3. The van der Waals surface area contributed by atoms with Crippen molar-refractivity contribution in [3.8, 4) is 5.82 Å². The van der Waals surface area contributed by atoms with Crippen molar-refractivity contribution in [2.75, 3.05) is 18.9 Å². The van der Waals surface area contributed by atoms with Crippen LogP contribution in [0.25, 0.3) is 27.8 Å². The average Bonchev–Trinajstić information content (AvgIpc) is 3.48. The molecule has 5 heterocycles. The molecule has 5 aromatic rings. The summed E-state index contributed by atoms with van der Waals surface area (Å²) in [5.74, 6) is 0.828. The summed E-state index contributed by atoms with van der Waals surface area (Å²) in [6.07, 6.45) is 7.61. The fourth-order valence-electron chi connectivity index (χ4n) is 5.90. The Balaban J connectivity index is 1.36. The number of fused-ring (bicyclic) bond motifs is 2. The molecule has 0 saturated carbocycles. The van der Waals surface area contributed by atoms with Gasteiger partial charge in [-0.15, -0.1) is 6.58 Å². The quantitative estimate of drug-likeness (QED) is 0.263. The smallest absolute Gasteiger partial charge is 0.278 e.